The Hall–Kier alpha value is -3.08. The summed E-state index contributed by atoms with van der Waals surface area (Å²) in [6, 6.07) is 10.1. The molecule has 146 valence electrons. The molecule has 0 spiro atoms. The average Bonchev–Trinajstić information content (AvgIpc) is 2.69. The van der Waals surface area contributed by atoms with Crippen molar-refractivity contribution in [1.29, 1.82) is 5.26 Å². The zero-order valence-electron chi connectivity index (χ0n) is 14.8. The maximum absolute atomic E-state index is 12.5. The highest BCUT2D eigenvalue weighted by Gasteiger charge is 2.41. The Morgan fingerprint density at radius 3 is 2.21 bits per heavy atom. The Morgan fingerprint density at radius 1 is 1.04 bits per heavy atom. The van der Waals surface area contributed by atoms with Crippen molar-refractivity contribution in [2.75, 3.05) is 0 Å². The maximum Gasteiger partial charge on any atom is 0.417 e. The standard InChI is InChI=1S/C20H17F3N2O3/c21-20(22,23)14-4-9-17(25-12-14)27-15-5-7-16(8-6-15)28-18(26)19(13-24)10-2-1-3-11-19/h4-9,12H,1-3,10-11H2. The Labute approximate surface area is 159 Å². The van der Waals surface area contributed by atoms with Crippen LogP contribution in [0.1, 0.15) is 37.7 Å². The summed E-state index contributed by atoms with van der Waals surface area (Å²) in [7, 11) is 0. The molecule has 1 aromatic carbocycles. The number of esters is 1. The van der Waals surface area contributed by atoms with Gasteiger partial charge in [-0.3, -0.25) is 0 Å². The molecule has 1 saturated carbocycles. The van der Waals surface area contributed by atoms with Gasteiger partial charge in [0.05, 0.1) is 11.6 Å². The van der Waals surface area contributed by atoms with Gasteiger partial charge in [-0.1, -0.05) is 19.3 Å². The fraction of sp³-hybridized carbons (Fsp3) is 0.350. The van der Waals surface area contributed by atoms with E-state index in [1.54, 1.807) is 0 Å². The van der Waals surface area contributed by atoms with Crippen molar-refractivity contribution in [2.45, 2.75) is 38.3 Å². The van der Waals surface area contributed by atoms with E-state index in [4.69, 9.17) is 9.47 Å². The van der Waals surface area contributed by atoms with Crippen LogP contribution in [0.25, 0.3) is 0 Å². The fourth-order valence-corrected chi connectivity index (χ4v) is 3.03. The lowest BCUT2D eigenvalue weighted by atomic mass is 9.75. The topological polar surface area (TPSA) is 72.2 Å². The van der Waals surface area contributed by atoms with E-state index in [1.165, 1.54) is 24.3 Å². The molecule has 1 aliphatic rings. The first kappa shape index (κ1) is 19.7. The Morgan fingerprint density at radius 2 is 1.68 bits per heavy atom. The van der Waals surface area contributed by atoms with Crippen molar-refractivity contribution >= 4 is 5.97 Å². The van der Waals surface area contributed by atoms with Gasteiger partial charge in [0.2, 0.25) is 5.88 Å². The first-order valence-electron chi connectivity index (χ1n) is 8.77. The predicted octanol–water partition coefficient (Wildman–Crippen LogP) is 5.27. The number of nitrogens with zero attached hydrogens (tertiary/aromatic N) is 2. The van der Waals surface area contributed by atoms with Gasteiger partial charge in [0, 0.05) is 12.3 Å². The van der Waals surface area contributed by atoms with Gasteiger partial charge in [0.15, 0.2) is 5.41 Å². The second-order valence-corrected chi connectivity index (χ2v) is 6.60. The van der Waals surface area contributed by atoms with Crippen LogP contribution >= 0.6 is 0 Å². The van der Waals surface area contributed by atoms with Crippen LogP contribution in [0.3, 0.4) is 0 Å². The smallest absolute Gasteiger partial charge is 0.417 e. The molecule has 1 heterocycles. The molecule has 0 radical (unpaired) electrons. The number of pyridine rings is 1. The molecule has 3 rings (SSSR count). The highest BCUT2D eigenvalue weighted by atomic mass is 19.4. The minimum Gasteiger partial charge on any atom is -0.439 e. The zero-order valence-corrected chi connectivity index (χ0v) is 14.8. The first-order chi connectivity index (χ1) is 13.3. The molecule has 0 N–H and O–H groups in total. The van der Waals surface area contributed by atoms with Crippen LogP contribution in [0, 0.1) is 16.7 Å². The average molecular weight is 390 g/mol. The largest absolute Gasteiger partial charge is 0.439 e. The number of carbonyl (C=O) groups is 1. The number of halogens is 3. The Bertz CT molecular complexity index is 866. The van der Waals surface area contributed by atoms with Crippen molar-refractivity contribution in [2.24, 2.45) is 5.41 Å². The number of hydrogen-bond acceptors (Lipinski definition) is 5. The summed E-state index contributed by atoms with van der Waals surface area (Å²) in [4.78, 5) is 16.1. The molecule has 0 saturated heterocycles. The lowest BCUT2D eigenvalue weighted by Crippen LogP contribution is -2.35. The lowest BCUT2D eigenvalue weighted by molar-refractivity contribution is -0.144. The molecule has 0 unspecified atom stereocenters. The Balaban J connectivity index is 1.63. The third-order valence-electron chi connectivity index (χ3n) is 4.63. The van der Waals surface area contributed by atoms with Gasteiger partial charge in [0.1, 0.15) is 11.5 Å². The molecule has 2 aromatic rings. The molecule has 1 aliphatic carbocycles. The number of carbonyl (C=O) groups excluding carboxylic acids is 1. The molecule has 1 fully saturated rings. The van der Waals surface area contributed by atoms with Crippen molar-refractivity contribution in [3.63, 3.8) is 0 Å². The monoisotopic (exact) mass is 390 g/mol. The molecule has 0 bridgehead atoms. The van der Waals surface area contributed by atoms with Gasteiger partial charge in [-0.05, 0) is 43.2 Å². The molecular formula is C20H17F3N2O3. The first-order valence-corrected chi connectivity index (χ1v) is 8.77. The number of ether oxygens (including phenoxy) is 2. The summed E-state index contributed by atoms with van der Waals surface area (Å²) < 4.78 is 48.4. The van der Waals surface area contributed by atoms with Crippen molar-refractivity contribution in [3.8, 4) is 23.4 Å². The van der Waals surface area contributed by atoms with Crippen LogP contribution in [-0.4, -0.2) is 11.0 Å². The van der Waals surface area contributed by atoms with Gasteiger partial charge in [-0.2, -0.15) is 18.4 Å². The third kappa shape index (κ3) is 4.42. The number of benzene rings is 1. The molecule has 8 heteroatoms. The quantitative estimate of drug-likeness (QED) is 0.525. The molecule has 1 aromatic heterocycles. The summed E-state index contributed by atoms with van der Waals surface area (Å²) in [5.74, 6) is 0.0220. The SMILES string of the molecule is N#CC1(C(=O)Oc2ccc(Oc3ccc(C(F)(F)F)cn3)cc2)CCCCC1. The van der Waals surface area contributed by atoms with E-state index in [0.717, 1.165) is 31.4 Å². The fourth-order valence-electron chi connectivity index (χ4n) is 3.03. The van der Waals surface area contributed by atoms with Crippen molar-refractivity contribution < 1.29 is 27.4 Å². The highest BCUT2D eigenvalue weighted by Crippen LogP contribution is 2.37. The molecule has 0 amide bonds. The molecule has 0 atom stereocenters. The van der Waals surface area contributed by atoms with Gasteiger partial charge < -0.3 is 9.47 Å². The molecule has 0 aliphatic heterocycles. The van der Waals surface area contributed by atoms with E-state index in [1.807, 2.05) is 0 Å². The highest BCUT2D eigenvalue weighted by molar-refractivity contribution is 5.82. The lowest BCUT2D eigenvalue weighted by Gasteiger charge is -2.27. The molecular weight excluding hydrogens is 373 g/mol. The van der Waals surface area contributed by atoms with Gasteiger partial charge in [-0.15, -0.1) is 0 Å². The van der Waals surface area contributed by atoms with E-state index in [2.05, 4.69) is 11.1 Å². The molecule has 5 nitrogen and oxygen atoms in total. The summed E-state index contributed by atoms with van der Waals surface area (Å²) >= 11 is 0. The van der Waals surface area contributed by atoms with Crippen LogP contribution < -0.4 is 9.47 Å². The summed E-state index contributed by atoms with van der Waals surface area (Å²) in [6.45, 7) is 0. The van der Waals surface area contributed by atoms with Crippen LogP contribution in [0.15, 0.2) is 42.6 Å². The maximum atomic E-state index is 12.5. The summed E-state index contributed by atoms with van der Waals surface area (Å²) in [5.41, 5.74) is -1.96. The van der Waals surface area contributed by atoms with Gasteiger partial charge in [-0.25, -0.2) is 9.78 Å². The van der Waals surface area contributed by atoms with Crippen LogP contribution in [0.4, 0.5) is 13.2 Å². The van der Waals surface area contributed by atoms with E-state index in [-0.39, 0.29) is 11.6 Å². The van der Waals surface area contributed by atoms with Gasteiger partial charge >= 0.3 is 12.1 Å². The van der Waals surface area contributed by atoms with E-state index in [0.29, 0.717) is 24.8 Å². The van der Waals surface area contributed by atoms with Crippen molar-refractivity contribution in [3.05, 3.63) is 48.2 Å². The number of alkyl halides is 3. The van der Waals surface area contributed by atoms with E-state index >= 15 is 0 Å². The van der Waals surface area contributed by atoms with Gasteiger partial charge in [0.25, 0.3) is 0 Å². The predicted molar refractivity (Wildman–Crippen MR) is 92.5 cm³/mol. The normalized spacial score (nSPS) is 16.1. The van der Waals surface area contributed by atoms with Crippen LogP contribution in [-0.2, 0) is 11.0 Å². The number of aromatic nitrogens is 1. The number of rotatable bonds is 4. The second kappa shape index (κ2) is 7.89. The number of hydrogen-bond donors (Lipinski definition) is 0. The van der Waals surface area contributed by atoms with E-state index in [9.17, 15) is 23.2 Å². The summed E-state index contributed by atoms with van der Waals surface area (Å²) in [6.07, 6.45) is -0.161. The minimum absolute atomic E-state index is 0.00313. The number of nitriles is 1. The van der Waals surface area contributed by atoms with Crippen LogP contribution in [0.2, 0.25) is 0 Å². The van der Waals surface area contributed by atoms with E-state index < -0.39 is 23.1 Å². The summed E-state index contributed by atoms with van der Waals surface area (Å²) in [5, 5.41) is 9.42. The van der Waals surface area contributed by atoms with Crippen molar-refractivity contribution in [1.82, 2.24) is 4.98 Å². The second-order valence-electron chi connectivity index (χ2n) is 6.60. The Kier molecular flexibility index (Phi) is 5.54. The third-order valence-corrected chi connectivity index (χ3v) is 4.63. The zero-order chi connectivity index (χ0) is 20.2. The molecule has 28 heavy (non-hydrogen) atoms. The van der Waals surface area contributed by atoms with Crippen LogP contribution in [0.5, 0.6) is 17.4 Å². The minimum atomic E-state index is -4.46.